The molecule has 1 aromatic heterocycles. The molecule has 200 valence electrons. The lowest BCUT2D eigenvalue weighted by Gasteiger charge is -2.11. The van der Waals surface area contributed by atoms with Crippen LogP contribution in [0.15, 0.2) is 58.6 Å². The number of imide groups is 1. The molecule has 0 spiro atoms. The van der Waals surface area contributed by atoms with Gasteiger partial charge < -0.3 is 19.2 Å². The Hall–Kier alpha value is -5.24. The Morgan fingerprint density at radius 3 is 2.59 bits per heavy atom. The van der Waals surface area contributed by atoms with Gasteiger partial charge in [-0.2, -0.15) is 0 Å². The minimum absolute atomic E-state index is 0.00360. The Bertz CT molecular complexity index is 1550. The van der Waals surface area contributed by atoms with Crippen molar-refractivity contribution in [3.8, 4) is 5.75 Å². The number of carbonyl (C=O) groups excluding carboxylic acids is 3. The Balaban J connectivity index is 1.63. The van der Waals surface area contributed by atoms with E-state index in [9.17, 15) is 34.6 Å². The van der Waals surface area contributed by atoms with Crippen molar-refractivity contribution >= 4 is 47.0 Å². The molecule has 1 aliphatic rings. The number of nitrogens with one attached hydrogen (secondary N) is 1. The lowest BCUT2D eigenvalue weighted by molar-refractivity contribution is -0.386. The smallest absolute Gasteiger partial charge is 0.373 e. The first-order chi connectivity index (χ1) is 18.6. The Labute approximate surface area is 223 Å². The van der Waals surface area contributed by atoms with Crippen molar-refractivity contribution in [3.05, 3.63) is 102 Å². The summed E-state index contributed by atoms with van der Waals surface area (Å²) in [7, 11) is 1.17. The standard InChI is InChI=1S/C24H17ClN4O10/c1-37-23(31)20-6-5-17(39-20)11-27-22(30)18(26-24(27)32)9-14-8-15(25)10-19(29(35)36)21(14)38-12-13-3-2-4-16(7-13)28(33)34/h2-10H,11-12H2,1H3,(H,26,32)/b18-9-. The van der Waals surface area contributed by atoms with Crippen molar-refractivity contribution in [1.82, 2.24) is 10.2 Å². The number of halogens is 1. The minimum atomic E-state index is -0.808. The molecular formula is C24H17ClN4O10. The zero-order valence-corrected chi connectivity index (χ0v) is 20.7. The number of furan rings is 1. The summed E-state index contributed by atoms with van der Waals surface area (Å²) in [5, 5.41) is 25.1. The van der Waals surface area contributed by atoms with E-state index in [0.29, 0.717) is 5.56 Å². The van der Waals surface area contributed by atoms with E-state index in [-0.39, 0.29) is 52.4 Å². The van der Waals surface area contributed by atoms with Crippen LogP contribution in [0, 0.1) is 20.2 Å². The van der Waals surface area contributed by atoms with Gasteiger partial charge in [-0.1, -0.05) is 23.7 Å². The number of urea groups is 1. The number of nitro benzene ring substituents is 2. The number of benzene rings is 2. The summed E-state index contributed by atoms with van der Waals surface area (Å²) in [5.41, 5.74) is -0.612. The van der Waals surface area contributed by atoms with Crippen LogP contribution in [0.2, 0.25) is 5.02 Å². The number of non-ortho nitro benzene ring substituents is 1. The van der Waals surface area contributed by atoms with Crippen molar-refractivity contribution in [2.24, 2.45) is 0 Å². The molecule has 1 aliphatic heterocycles. The molecule has 0 radical (unpaired) electrons. The van der Waals surface area contributed by atoms with Crippen molar-refractivity contribution < 1.29 is 38.1 Å². The molecule has 0 aliphatic carbocycles. The number of methoxy groups -OCH3 is 1. The average molecular weight is 557 g/mol. The second-order valence-electron chi connectivity index (χ2n) is 7.95. The van der Waals surface area contributed by atoms with E-state index in [1.165, 1.54) is 49.6 Å². The summed E-state index contributed by atoms with van der Waals surface area (Å²) >= 11 is 6.07. The van der Waals surface area contributed by atoms with Gasteiger partial charge in [0.2, 0.25) is 11.5 Å². The molecule has 1 fully saturated rings. The van der Waals surface area contributed by atoms with Crippen LogP contribution in [0.4, 0.5) is 16.2 Å². The van der Waals surface area contributed by atoms with Crippen LogP contribution in [0.1, 0.15) is 27.4 Å². The van der Waals surface area contributed by atoms with Gasteiger partial charge >= 0.3 is 17.7 Å². The number of esters is 1. The summed E-state index contributed by atoms with van der Waals surface area (Å²) in [5.74, 6) is -1.80. The van der Waals surface area contributed by atoms with Crippen molar-refractivity contribution in [3.63, 3.8) is 0 Å². The van der Waals surface area contributed by atoms with Gasteiger partial charge in [-0.25, -0.2) is 9.59 Å². The highest BCUT2D eigenvalue weighted by atomic mass is 35.5. The fourth-order valence-electron chi connectivity index (χ4n) is 3.61. The Kier molecular flexibility index (Phi) is 7.58. The number of rotatable bonds is 9. The first-order valence-electron chi connectivity index (χ1n) is 10.9. The molecular weight excluding hydrogens is 540 g/mol. The highest BCUT2D eigenvalue weighted by molar-refractivity contribution is 6.31. The van der Waals surface area contributed by atoms with Crippen LogP contribution in [0.25, 0.3) is 6.08 Å². The van der Waals surface area contributed by atoms with Crippen LogP contribution in [-0.4, -0.2) is 39.8 Å². The molecule has 1 saturated heterocycles. The van der Waals surface area contributed by atoms with Crippen molar-refractivity contribution in [1.29, 1.82) is 0 Å². The maximum Gasteiger partial charge on any atom is 0.373 e. The predicted molar refractivity (Wildman–Crippen MR) is 133 cm³/mol. The molecule has 2 aromatic carbocycles. The average Bonchev–Trinajstić information content (AvgIpc) is 3.47. The second kappa shape index (κ2) is 11.0. The monoisotopic (exact) mass is 556 g/mol. The van der Waals surface area contributed by atoms with Crippen LogP contribution in [0.3, 0.4) is 0 Å². The van der Waals surface area contributed by atoms with Gasteiger partial charge in [0, 0.05) is 28.8 Å². The van der Waals surface area contributed by atoms with E-state index in [4.69, 9.17) is 20.8 Å². The summed E-state index contributed by atoms with van der Waals surface area (Å²) in [6.07, 6.45) is 1.16. The van der Waals surface area contributed by atoms with Crippen LogP contribution >= 0.6 is 11.6 Å². The van der Waals surface area contributed by atoms with Gasteiger partial charge in [0.05, 0.1) is 23.5 Å². The molecule has 14 nitrogen and oxygen atoms in total. The van der Waals surface area contributed by atoms with Gasteiger partial charge in [-0.3, -0.25) is 29.9 Å². The highest BCUT2D eigenvalue weighted by Gasteiger charge is 2.35. The summed E-state index contributed by atoms with van der Waals surface area (Å²) < 4.78 is 15.5. The van der Waals surface area contributed by atoms with Crippen LogP contribution < -0.4 is 10.1 Å². The maximum absolute atomic E-state index is 13.0. The lowest BCUT2D eigenvalue weighted by atomic mass is 10.1. The lowest BCUT2D eigenvalue weighted by Crippen LogP contribution is -2.30. The SMILES string of the molecule is COC(=O)c1ccc(CN2C(=O)N/C(=C\c3cc(Cl)cc([N+](=O)[O-])c3OCc3cccc([N+](=O)[O-])c3)C2=O)o1. The quantitative estimate of drug-likeness (QED) is 0.132. The zero-order valence-electron chi connectivity index (χ0n) is 19.9. The third kappa shape index (κ3) is 5.86. The van der Waals surface area contributed by atoms with Gasteiger partial charge in [0.25, 0.3) is 11.6 Å². The van der Waals surface area contributed by atoms with E-state index in [1.54, 1.807) is 0 Å². The highest BCUT2D eigenvalue weighted by Crippen LogP contribution is 2.37. The fourth-order valence-corrected chi connectivity index (χ4v) is 3.84. The molecule has 0 bridgehead atoms. The minimum Gasteiger partial charge on any atom is -0.482 e. The molecule has 0 saturated carbocycles. The predicted octanol–water partition coefficient (Wildman–Crippen LogP) is 4.21. The number of nitro groups is 2. The number of amides is 3. The summed E-state index contributed by atoms with van der Waals surface area (Å²) in [4.78, 5) is 59.3. The largest absolute Gasteiger partial charge is 0.482 e. The van der Waals surface area contributed by atoms with Crippen LogP contribution in [-0.2, 0) is 22.7 Å². The van der Waals surface area contributed by atoms with E-state index in [2.05, 4.69) is 10.1 Å². The van der Waals surface area contributed by atoms with Gasteiger partial charge in [0.1, 0.15) is 18.1 Å². The molecule has 4 rings (SSSR count). The summed E-state index contributed by atoms with van der Waals surface area (Å²) in [6.45, 7) is -0.599. The Morgan fingerprint density at radius 2 is 1.90 bits per heavy atom. The van der Waals surface area contributed by atoms with Crippen molar-refractivity contribution in [2.45, 2.75) is 13.2 Å². The van der Waals surface area contributed by atoms with E-state index in [0.717, 1.165) is 17.0 Å². The normalized spacial score (nSPS) is 13.9. The van der Waals surface area contributed by atoms with Crippen molar-refractivity contribution in [2.75, 3.05) is 7.11 Å². The third-order valence-corrected chi connectivity index (χ3v) is 5.61. The molecule has 0 unspecified atom stereocenters. The van der Waals surface area contributed by atoms with E-state index >= 15 is 0 Å². The first kappa shape index (κ1) is 26.8. The fraction of sp³-hybridized carbons (Fsp3) is 0.125. The van der Waals surface area contributed by atoms with Crippen LogP contribution in [0.5, 0.6) is 5.75 Å². The summed E-state index contributed by atoms with van der Waals surface area (Å²) in [6, 6.07) is 9.75. The number of ether oxygens (including phenoxy) is 2. The zero-order chi connectivity index (χ0) is 28.3. The maximum atomic E-state index is 13.0. The molecule has 3 amide bonds. The molecule has 3 aromatic rings. The molecule has 15 heteroatoms. The van der Waals surface area contributed by atoms with Gasteiger partial charge in [-0.05, 0) is 29.8 Å². The Morgan fingerprint density at radius 1 is 1.13 bits per heavy atom. The van der Waals surface area contributed by atoms with Gasteiger partial charge in [-0.15, -0.1) is 0 Å². The van der Waals surface area contributed by atoms with E-state index in [1.807, 2.05) is 0 Å². The topological polar surface area (TPSA) is 184 Å². The molecule has 1 N–H and O–H groups in total. The molecule has 0 atom stereocenters. The molecule has 39 heavy (non-hydrogen) atoms. The number of hydrogen-bond acceptors (Lipinski definition) is 10. The molecule has 2 heterocycles. The first-order valence-corrected chi connectivity index (χ1v) is 11.3. The second-order valence-corrected chi connectivity index (χ2v) is 8.39. The number of hydrogen-bond donors (Lipinski definition) is 1. The van der Waals surface area contributed by atoms with Gasteiger partial charge in [0.15, 0.2) is 0 Å². The third-order valence-electron chi connectivity index (χ3n) is 5.39. The number of nitrogens with zero attached hydrogens (tertiary/aromatic N) is 3. The van der Waals surface area contributed by atoms with E-state index < -0.39 is 33.4 Å². The number of carbonyl (C=O) groups is 3.